The molecule has 6 nitrogen and oxygen atoms in total. The lowest BCUT2D eigenvalue weighted by Crippen LogP contribution is -2.33. The van der Waals surface area contributed by atoms with Gasteiger partial charge < -0.3 is 10.4 Å². The smallest absolute Gasteiger partial charge is 0.306 e. The average molecular weight is 291 g/mol. The summed E-state index contributed by atoms with van der Waals surface area (Å²) >= 11 is 0. The minimum Gasteiger partial charge on any atom is -0.481 e. The number of hydrogen-bond donors (Lipinski definition) is 2. The molecule has 1 saturated carbocycles. The van der Waals surface area contributed by atoms with Crippen LogP contribution in [0.4, 0.5) is 0 Å². The van der Waals surface area contributed by atoms with Crippen molar-refractivity contribution in [3.8, 4) is 0 Å². The summed E-state index contributed by atoms with van der Waals surface area (Å²) < 4.78 is 0. The Morgan fingerprint density at radius 2 is 1.90 bits per heavy atom. The largest absolute Gasteiger partial charge is 0.481 e. The molecule has 1 aliphatic rings. The van der Waals surface area contributed by atoms with Gasteiger partial charge in [0.05, 0.1) is 22.9 Å². The van der Waals surface area contributed by atoms with Crippen LogP contribution >= 0.6 is 0 Å². The van der Waals surface area contributed by atoms with Crippen molar-refractivity contribution in [1.82, 2.24) is 15.5 Å². The molecule has 0 bridgehead atoms. The van der Waals surface area contributed by atoms with Gasteiger partial charge in [0.2, 0.25) is 0 Å². The molecule has 1 aromatic rings. The fourth-order valence-electron chi connectivity index (χ4n) is 2.73. The summed E-state index contributed by atoms with van der Waals surface area (Å²) in [6.45, 7) is 4.15. The highest BCUT2D eigenvalue weighted by atomic mass is 16.4. The fraction of sp³-hybridized carbons (Fsp3) is 0.600. The number of carbonyl (C=O) groups excluding carboxylic acids is 1. The van der Waals surface area contributed by atoms with Crippen LogP contribution in [0.25, 0.3) is 0 Å². The second-order valence-corrected chi connectivity index (χ2v) is 5.75. The number of hydrogen-bond acceptors (Lipinski definition) is 4. The van der Waals surface area contributed by atoms with Crippen molar-refractivity contribution in [2.75, 3.05) is 6.54 Å². The SMILES string of the molecule is Cc1cc(C(=O)NCC2CCC(C(=O)O)CC2)c(C)nn1. The molecule has 6 heteroatoms. The molecule has 1 aromatic heterocycles. The van der Waals surface area contributed by atoms with Crippen LogP contribution in [-0.2, 0) is 4.79 Å². The topological polar surface area (TPSA) is 92.2 Å². The van der Waals surface area contributed by atoms with E-state index in [9.17, 15) is 9.59 Å². The van der Waals surface area contributed by atoms with Crippen molar-refractivity contribution >= 4 is 11.9 Å². The van der Waals surface area contributed by atoms with Gasteiger partial charge in [-0.1, -0.05) is 0 Å². The monoisotopic (exact) mass is 291 g/mol. The quantitative estimate of drug-likeness (QED) is 0.881. The zero-order valence-electron chi connectivity index (χ0n) is 12.4. The first-order valence-corrected chi connectivity index (χ1v) is 7.29. The van der Waals surface area contributed by atoms with Gasteiger partial charge >= 0.3 is 5.97 Å². The van der Waals surface area contributed by atoms with Crippen LogP contribution in [-0.4, -0.2) is 33.7 Å². The van der Waals surface area contributed by atoms with Gasteiger partial charge in [-0.2, -0.15) is 10.2 Å². The van der Waals surface area contributed by atoms with Gasteiger partial charge in [-0.05, 0) is 51.5 Å². The molecule has 0 saturated heterocycles. The van der Waals surface area contributed by atoms with Gasteiger partial charge in [-0.15, -0.1) is 0 Å². The van der Waals surface area contributed by atoms with Gasteiger partial charge in [0.15, 0.2) is 0 Å². The van der Waals surface area contributed by atoms with Gasteiger partial charge in [-0.25, -0.2) is 0 Å². The first-order valence-electron chi connectivity index (χ1n) is 7.29. The van der Waals surface area contributed by atoms with Crippen molar-refractivity contribution in [3.05, 3.63) is 23.0 Å². The number of aromatic nitrogens is 2. The Labute approximate surface area is 124 Å². The van der Waals surface area contributed by atoms with Crippen molar-refractivity contribution in [1.29, 1.82) is 0 Å². The minimum absolute atomic E-state index is 0.133. The predicted octanol–water partition coefficient (Wildman–Crippen LogP) is 1.71. The molecule has 0 spiro atoms. The summed E-state index contributed by atoms with van der Waals surface area (Å²) in [6.07, 6.45) is 3.10. The summed E-state index contributed by atoms with van der Waals surface area (Å²) in [5, 5.41) is 19.8. The number of nitrogens with one attached hydrogen (secondary N) is 1. The van der Waals surface area contributed by atoms with Gasteiger partial charge in [0, 0.05) is 6.54 Å². The zero-order valence-corrected chi connectivity index (χ0v) is 12.4. The van der Waals surface area contributed by atoms with E-state index in [0.717, 1.165) is 12.8 Å². The Hall–Kier alpha value is -1.98. The van der Waals surface area contributed by atoms with E-state index < -0.39 is 5.97 Å². The fourth-order valence-corrected chi connectivity index (χ4v) is 2.73. The summed E-state index contributed by atoms with van der Waals surface area (Å²) in [7, 11) is 0. The Bertz CT molecular complexity index is 537. The molecule has 1 heterocycles. The van der Waals surface area contributed by atoms with E-state index in [0.29, 0.717) is 42.3 Å². The summed E-state index contributed by atoms with van der Waals surface area (Å²) in [5.41, 5.74) is 1.89. The molecule has 0 radical (unpaired) electrons. The molecule has 1 aliphatic carbocycles. The van der Waals surface area contributed by atoms with Crippen molar-refractivity contribution < 1.29 is 14.7 Å². The average Bonchev–Trinajstić information content (AvgIpc) is 2.47. The minimum atomic E-state index is -0.702. The lowest BCUT2D eigenvalue weighted by molar-refractivity contribution is -0.143. The molecule has 21 heavy (non-hydrogen) atoms. The second-order valence-electron chi connectivity index (χ2n) is 5.75. The molecule has 0 aromatic carbocycles. The third kappa shape index (κ3) is 4.00. The third-order valence-corrected chi connectivity index (χ3v) is 4.09. The van der Waals surface area contributed by atoms with Crippen molar-refractivity contribution in [3.63, 3.8) is 0 Å². The van der Waals surface area contributed by atoms with Crippen molar-refractivity contribution in [2.24, 2.45) is 11.8 Å². The third-order valence-electron chi connectivity index (χ3n) is 4.09. The normalized spacial score (nSPS) is 21.8. The highest BCUT2D eigenvalue weighted by Gasteiger charge is 2.26. The van der Waals surface area contributed by atoms with Crippen LogP contribution in [0.1, 0.15) is 47.4 Å². The van der Waals surface area contributed by atoms with Gasteiger partial charge in [0.25, 0.3) is 5.91 Å². The number of carbonyl (C=O) groups is 2. The number of nitrogens with zero attached hydrogens (tertiary/aromatic N) is 2. The maximum Gasteiger partial charge on any atom is 0.306 e. The molecule has 0 atom stereocenters. The maximum absolute atomic E-state index is 12.2. The summed E-state index contributed by atoms with van der Waals surface area (Å²) in [4.78, 5) is 23.1. The highest BCUT2D eigenvalue weighted by Crippen LogP contribution is 2.28. The summed E-state index contributed by atoms with van der Waals surface area (Å²) in [5.74, 6) is -0.690. The molecular formula is C15H21N3O3. The van der Waals surface area contributed by atoms with Crippen LogP contribution in [0, 0.1) is 25.7 Å². The van der Waals surface area contributed by atoms with Crippen LogP contribution < -0.4 is 5.32 Å². The molecule has 2 rings (SSSR count). The predicted molar refractivity (Wildman–Crippen MR) is 76.9 cm³/mol. The summed E-state index contributed by atoms with van der Waals surface area (Å²) in [6, 6.07) is 1.74. The molecule has 1 fully saturated rings. The Balaban J connectivity index is 1.85. The molecule has 114 valence electrons. The molecule has 0 unspecified atom stereocenters. The molecule has 1 amide bonds. The van der Waals surface area contributed by atoms with Gasteiger partial charge in [-0.3, -0.25) is 9.59 Å². The molecule has 2 N–H and O–H groups in total. The van der Waals surface area contributed by atoms with E-state index in [2.05, 4.69) is 15.5 Å². The van der Waals surface area contributed by atoms with E-state index in [1.165, 1.54) is 0 Å². The number of aliphatic carboxylic acids is 1. The van der Waals surface area contributed by atoms with Crippen LogP contribution in [0.5, 0.6) is 0 Å². The van der Waals surface area contributed by atoms with Crippen LogP contribution in [0.15, 0.2) is 6.07 Å². The number of rotatable bonds is 4. The Morgan fingerprint density at radius 3 is 2.52 bits per heavy atom. The highest BCUT2D eigenvalue weighted by molar-refractivity contribution is 5.95. The Morgan fingerprint density at radius 1 is 1.24 bits per heavy atom. The van der Waals surface area contributed by atoms with E-state index in [-0.39, 0.29) is 11.8 Å². The second kappa shape index (κ2) is 6.65. The molecular weight excluding hydrogens is 270 g/mol. The zero-order chi connectivity index (χ0) is 15.4. The lowest BCUT2D eigenvalue weighted by atomic mass is 9.82. The van der Waals surface area contributed by atoms with E-state index in [4.69, 9.17) is 5.11 Å². The van der Waals surface area contributed by atoms with Gasteiger partial charge in [0.1, 0.15) is 0 Å². The number of carboxylic acid groups (broad SMARTS) is 1. The van der Waals surface area contributed by atoms with E-state index in [1.807, 2.05) is 0 Å². The standard InChI is InChI=1S/C15H21N3O3/c1-9-7-13(10(2)18-17-9)14(19)16-8-11-3-5-12(6-4-11)15(20)21/h7,11-12H,3-6,8H2,1-2H3,(H,16,19)(H,20,21). The first kappa shape index (κ1) is 15.4. The lowest BCUT2D eigenvalue weighted by Gasteiger charge is -2.26. The van der Waals surface area contributed by atoms with E-state index in [1.54, 1.807) is 19.9 Å². The maximum atomic E-state index is 12.2. The van der Waals surface area contributed by atoms with E-state index >= 15 is 0 Å². The number of carboxylic acids is 1. The number of aryl methyl sites for hydroxylation is 2. The van der Waals surface area contributed by atoms with Crippen LogP contribution in [0.2, 0.25) is 0 Å². The Kier molecular flexibility index (Phi) is 4.88. The number of amides is 1. The van der Waals surface area contributed by atoms with Crippen molar-refractivity contribution in [2.45, 2.75) is 39.5 Å². The van der Waals surface area contributed by atoms with Crippen LogP contribution in [0.3, 0.4) is 0 Å². The molecule has 0 aliphatic heterocycles. The first-order chi connectivity index (χ1) is 9.97.